The topological polar surface area (TPSA) is 138 Å². The second kappa shape index (κ2) is 10.3. The average Bonchev–Trinajstić information content (AvgIpc) is 3.55. The molecular weight excluding hydrogens is 468 g/mol. The first-order valence-electron chi connectivity index (χ1n) is 12.2. The van der Waals surface area contributed by atoms with Crippen LogP contribution in [0.15, 0.2) is 11.0 Å². The first-order chi connectivity index (χ1) is 17.0. The molecule has 1 saturated carbocycles. The number of hydrogen-bond donors (Lipinski definition) is 3. The van der Waals surface area contributed by atoms with Crippen LogP contribution < -0.4 is 16.0 Å². The first-order valence-corrected chi connectivity index (χ1v) is 12.2. The summed E-state index contributed by atoms with van der Waals surface area (Å²) in [6.07, 6.45) is 4.75. The fourth-order valence-corrected chi connectivity index (χ4v) is 4.39. The van der Waals surface area contributed by atoms with Crippen molar-refractivity contribution in [3.8, 4) is 5.88 Å². The van der Waals surface area contributed by atoms with Gasteiger partial charge in [-0.1, -0.05) is 20.8 Å². The molecule has 1 amide bonds. The molecule has 2 atom stereocenters. The lowest BCUT2D eigenvalue weighted by Crippen LogP contribution is -3.11. The van der Waals surface area contributed by atoms with E-state index >= 15 is 0 Å². The van der Waals surface area contributed by atoms with E-state index in [1.54, 1.807) is 25.1 Å². The van der Waals surface area contributed by atoms with Crippen molar-refractivity contribution in [2.45, 2.75) is 59.2 Å². The van der Waals surface area contributed by atoms with Crippen LogP contribution in [0.2, 0.25) is 0 Å². The van der Waals surface area contributed by atoms with Crippen molar-refractivity contribution in [1.29, 1.82) is 0 Å². The highest BCUT2D eigenvalue weighted by atomic mass is 16.6. The van der Waals surface area contributed by atoms with E-state index < -0.39 is 17.3 Å². The zero-order valence-corrected chi connectivity index (χ0v) is 21.5. The Balaban J connectivity index is 1.79. The van der Waals surface area contributed by atoms with E-state index in [0.29, 0.717) is 43.3 Å². The van der Waals surface area contributed by atoms with E-state index in [9.17, 15) is 19.9 Å². The number of rotatable bonds is 8. The second-order valence-corrected chi connectivity index (χ2v) is 10.7. The highest BCUT2D eigenvalue weighted by Crippen LogP contribution is 2.26. The summed E-state index contributed by atoms with van der Waals surface area (Å²) in [5.74, 6) is -1.12. The van der Waals surface area contributed by atoms with Crippen molar-refractivity contribution >= 4 is 17.6 Å². The largest absolute Gasteiger partial charge is 0.608 e. The molecule has 1 aliphatic carbocycles. The first kappa shape index (κ1) is 26.3. The maximum absolute atomic E-state index is 13.6. The number of amides is 1. The number of morpholine rings is 1. The number of methoxy groups -OCH3 is 1. The molecular formula is C24H36N6O6. The van der Waals surface area contributed by atoms with Crippen molar-refractivity contribution in [3.05, 3.63) is 38.6 Å². The van der Waals surface area contributed by atoms with Gasteiger partial charge in [0.15, 0.2) is 5.56 Å². The number of aromatic nitrogens is 3. The molecule has 2 aliphatic rings. The molecule has 1 unspecified atom stereocenters. The van der Waals surface area contributed by atoms with Crippen molar-refractivity contribution < 1.29 is 24.5 Å². The third-order valence-corrected chi connectivity index (χ3v) is 6.25. The quantitative estimate of drug-likeness (QED) is 0.429. The minimum absolute atomic E-state index is 0.0223. The molecule has 3 heterocycles. The number of fused-ring (bicyclic) bond motifs is 1. The summed E-state index contributed by atoms with van der Waals surface area (Å²) in [6.45, 7) is 9.58. The van der Waals surface area contributed by atoms with Gasteiger partial charge in [0.05, 0.1) is 32.1 Å². The number of quaternary nitrogens is 1. The van der Waals surface area contributed by atoms with Crippen LogP contribution in [0.25, 0.3) is 11.7 Å². The Kier molecular flexibility index (Phi) is 7.53. The third kappa shape index (κ3) is 5.47. The van der Waals surface area contributed by atoms with E-state index in [4.69, 9.17) is 9.47 Å². The number of aryl methyl sites for hydroxylation is 1. The summed E-state index contributed by atoms with van der Waals surface area (Å²) in [5.41, 5.74) is 0.109. The molecule has 0 bridgehead atoms. The molecule has 0 aromatic carbocycles. The standard InChI is InChI=1S/C24H36N6O6/c1-15-18(8-9-29(34)28-10-11-36-13-17(28)12-35-5)21-27(14-24(2,3)4)22(32)19(23(33)30(21)26-15)20(31)25-16-6-7-16/h8-9,16-17,29,33H,6-7,10-14H2,1-5H3,(H,25,31)/b9-8+/t17-/m0/s1. The van der Waals surface area contributed by atoms with Gasteiger partial charge in [-0.05, 0) is 25.2 Å². The Bertz CT molecular complexity index is 1210. The van der Waals surface area contributed by atoms with Crippen molar-refractivity contribution in [2.75, 3.05) is 33.5 Å². The predicted octanol–water partition coefficient (Wildman–Crippen LogP) is 0.0639. The van der Waals surface area contributed by atoms with Gasteiger partial charge in [-0.2, -0.15) is 9.61 Å². The zero-order valence-electron chi connectivity index (χ0n) is 21.5. The molecule has 1 aliphatic heterocycles. The van der Waals surface area contributed by atoms with Gasteiger partial charge in [0.25, 0.3) is 11.5 Å². The Morgan fingerprint density at radius 1 is 1.39 bits per heavy atom. The van der Waals surface area contributed by atoms with Crippen molar-refractivity contribution in [2.24, 2.45) is 5.41 Å². The minimum atomic E-state index is -0.610. The normalized spacial score (nSPS) is 20.3. The summed E-state index contributed by atoms with van der Waals surface area (Å²) in [6, 6.07) is -0.171. The number of nitrogens with one attached hydrogen (secondary N) is 2. The number of hydroxylamine groups is 1. The van der Waals surface area contributed by atoms with Crippen LogP contribution >= 0.6 is 0 Å². The molecule has 12 nitrogen and oxygen atoms in total. The fraction of sp³-hybridized carbons (Fsp3) is 0.625. The second-order valence-electron chi connectivity index (χ2n) is 10.7. The lowest BCUT2D eigenvalue weighted by Gasteiger charge is -2.39. The third-order valence-electron chi connectivity index (χ3n) is 6.25. The van der Waals surface area contributed by atoms with E-state index in [1.165, 1.54) is 15.3 Å². The molecule has 2 fully saturated rings. The van der Waals surface area contributed by atoms with Gasteiger partial charge in [-0.15, -0.1) is 5.01 Å². The van der Waals surface area contributed by atoms with Crippen LogP contribution in [-0.4, -0.2) is 75.8 Å². The lowest BCUT2D eigenvalue weighted by molar-refractivity contribution is -0.931. The summed E-state index contributed by atoms with van der Waals surface area (Å²) in [7, 11) is 1.58. The minimum Gasteiger partial charge on any atom is -0.608 e. The summed E-state index contributed by atoms with van der Waals surface area (Å²) in [5, 5.41) is 32.7. The number of carbonyl (C=O) groups is 1. The number of nitrogens with zero attached hydrogens (tertiary/aromatic N) is 4. The van der Waals surface area contributed by atoms with Crippen LogP contribution in [0.4, 0.5) is 0 Å². The average molecular weight is 505 g/mol. The van der Waals surface area contributed by atoms with Gasteiger partial charge < -0.3 is 25.1 Å². The van der Waals surface area contributed by atoms with Crippen molar-refractivity contribution in [1.82, 2.24) is 24.5 Å². The highest BCUT2D eigenvalue weighted by molar-refractivity contribution is 5.96. The van der Waals surface area contributed by atoms with Crippen LogP contribution in [0.1, 0.15) is 55.2 Å². The van der Waals surface area contributed by atoms with Crippen LogP contribution in [0.3, 0.4) is 0 Å². The molecule has 0 spiro atoms. The monoisotopic (exact) mass is 504 g/mol. The molecule has 2 aromatic rings. The Morgan fingerprint density at radius 3 is 2.75 bits per heavy atom. The van der Waals surface area contributed by atoms with Crippen LogP contribution in [0.5, 0.6) is 5.88 Å². The number of hydrogen-bond acceptors (Lipinski definition) is 8. The van der Waals surface area contributed by atoms with Gasteiger partial charge in [-0.25, -0.2) is 0 Å². The maximum atomic E-state index is 13.6. The number of carbonyl (C=O) groups excluding carboxylic acids is 1. The SMILES string of the molecule is COC[C@H]1COCCN1[NH+]([O-])/C=C/c1c(C)nn2c(O)c(C(=O)NC3CC3)c(=O)n(CC(C)(C)C)c12. The van der Waals surface area contributed by atoms with Gasteiger partial charge in [0.2, 0.25) is 5.88 Å². The van der Waals surface area contributed by atoms with Gasteiger partial charge in [-0.3, -0.25) is 19.3 Å². The lowest BCUT2D eigenvalue weighted by atomic mass is 9.96. The predicted molar refractivity (Wildman–Crippen MR) is 132 cm³/mol. The van der Waals surface area contributed by atoms with Gasteiger partial charge in [0, 0.05) is 31.3 Å². The number of aromatic hydroxyl groups is 1. The molecule has 4 rings (SSSR count). The van der Waals surface area contributed by atoms with E-state index in [0.717, 1.165) is 12.8 Å². The van der Waals surface area contributed by atoms with Gasteiger partial charge >= 0.3 is 0 Å². The highest BCUT2D eigenvalue weighted by Gasteiger charge is 2.31. The Morgan fingerprint density at radius 2 is 2.11 bits per heavy atom. The Hall–Kier alpha value is -2.77. The molecule has 12 heteroatoms. The van der Waals surface area contributed by atoms with Gasteiger partial charge in [0.1, 0.15) is 17.9 Å². The maximum Gasteiger partial charge on any atom is 0.270 e. The number of ether oxygens (including phenoxy) is 2. The Labute approximate surface area is 209 Å². The van der Waals surface area contributed by atoms with E-state index in [2.05, 4.69) is 10.4 Å². The molecule has 2 aromatic heterocycles. The molecule has 3 N–H and O–H groups in total. The zero-order chi connectivity index (χ0) is 26.2. The molecule has 0 radical (unpaired) electrons. The van der Waals surface area contributed by atoms with Crippen LogP contribution in [-0.2, 0) is 16.0 Å². The van der Waals surface area contributed by atoms with Crippen LogP contribution in [0, 0.1) is 17.5 Å². The van der Waals surface area contributed by atoms with E-state index in [1.807, 2.05) is 20.8 Å². The summed E-state index contributed by atoms with van der Waals surface area (Å²) in [4.78, 5) is 26.4. The molecule has 1 saturated heterocycles. The summed E-state index contributed by atoms with van der Waals surface area (Å²) >= 11 is 0. The fourth-order valence-electron chi connectivity index (χ4n) is 4.39. The smallest absolute Gasteiger partial charge is 0.270 e. The van der Waals surface area contributed by atoms with Crippen molar-refractivity contribution in [3.63, 3.8) is 0 Å². The van der Waals surface area contributed by atoms with E-state index in [-0.39, 0.29) is 34.8 Å². The molecule has 36 heavy (non-hydrogen) atoms. The summed E-state index contributed by atoms with van der Waals surface area (Å²) < 4.78 is 13.4. The molecule has 198 valence electrons.